The first kappa shape index (κ1) is 102. The zero-order valence-corrected chi connectivity index (χ0v) is 77.2. The van der Waals surface area contributed by atoms with Gasteiger partial charge in [0.05, 0.1) is 29.3 Å². The van der Waals surface area contributed by atoms with Crippen molar-refractivity contribution in [3.05, 3.63) is 121 Å². The molecule has 3 atom stereocenters. The van der Waals surface area contributed by atoms with Crippen LogP contribution in [0.1, 0.15) is 111 Å². The molecule has 9 heterocycles. The minimum atomic E-state index is -4.95. The van der Waals surface area contributed by atoms with Gasteiger partial charge in [-0.2, -0.15) is 40.4 Å². The van der Waals surface area contributed by atoms with E-state index in [1.165, 1.54) is 70.4 Å². The van der Waals surface area contributed by atoms with Crippen molar-refractivity contribution in [3.63, 3.8) is 0 Å². The van der Waals surface area contributed by atoms with E-state index in [9.17, 15) is 54.0 Å². The monoisotopic (exact) mass is 1970 g/mol. The van der Waals surface area contributed by atoms with Crippen LogP contribution >= 0.6 is 34.0 Å². The maximum absolute atomic E-state index is 13.1. The number of anilines is 3. The molecule has 0 aliphatic carbocycles. The Morgan fingerprint density at radius 2 is 0.714 bits per heavy atom. The number of guanidine groups is 3. The van der Waals surface area contributed by atoms with Gasteiger partial charge in [-0.05, 0) is 137 Å². The third-order valence-corrected chi connectivity index (χ3v) is 23.1. The number of β-lactam (4-membered cyclic amide) rings is 3. The van der Waals surface area contributed by atoms with E-state index in [4.69, 9.17) is 94.0 Å². The number of benzene rings is 3. The molecule has 722 valence electrons. The van der Waals surface area contributed by atoms with Gasteiger partial charge in [0.2, 0.25) is 0 Å². The molecule has 0 unspecified atom stereocenters. The molecule has 6 aliphatic rings. The van der Waals surface area contributed by atoms with Gasteiger partial charge >= 0.3 is 31.2 Å². The van der Waals surface area contributed by atoms with Gasteiger partial charge in [0.15, 0.2) is 70.2 Å². The SMILES string of the molecule is CC1(C)[C@H](NC(=O)/C(=N\OCCOc2ccc3c(c2)CN(C(N)=NCCCN)C3)c2csc(N)n2)C(=O)N1OS(=O)(=O)O.CC1(C)[C@H](NC(=O)/C(=N\OCCOc2ccc3c(c2)CN(C(N)=NCCCN=CN)C3)c2csc(N)n2)C(=O)N1OS(=O)(=O)O.CC1(C)[C@H](NC(=O)/C(=N\OCCOc2ccc3c(c2)CN(C(N)=NCCCN=CN)C3)c2csc(N)n2)C(=O)N1OS(=O)(=O)O. The number of rotatable bonds is 41. The van der Waals surface area contributed by atoms with Crippen LogP contribution in [0.25, 0.3) is 0 Å². The quantitative estimate of drug-likeness (QED) is 0.00497. The number of hydroxylamine groups is 6. The summed E-state index contributed by atoms with van der Waals surface area (Å²) in [7, 11) is -14.9. The van der Waals surface area contributed by atoms with Crippen LogP contribution in [0.3, 0.4) is 0 Å². The molecular weight excluding hydrogens is 1870 g/mol. The summed E-state index contributed by atoms with van der Waals surface area (Å²) in [5, 5.41) is 25.4. The number of aliphatic imine (C=N–C) groups is 5. The summed E-state index contributed by atoms with van der Waals surface area (Å²) < 4.78 is 123. The molecule has 6 amide bonds. The van der Waals surface area contributed by atoms with Crippen LogP contribution in [0.2, 0.25) is 0 Å². The van der Waals surface area contributed by atoms with E-state index in [-0.39, 0.29) is 89.3 Å². The predicted molar refractivity (Wildman–Crippen MR) is 485 cm³/mol. The van der Waals surface area contributed by atoms with Gasteiger partial charge in [-0.15, -0.1) is 46.9 Å². The lowest BCUT2D eigenvalue weighted by Gasteiger charge is -2.50. The van der Waals surface area contributed by atoms with E-state index >= 15 is 0 Å². The fourth-order valence-corrected chi connectivity index (χ4v) is 16.3. The molecule has 12 rings (SSSR count). The first-order valence-electron chi connectivity index (χ1n) is 40.1. The summed E-state index contributed by atoms with van der Waals surface area (Å²) in [6, 6.07) is 13.5. The highest BCUT2D eigenvalue weighted by Gasteiger charge is 2.61. The van der Waals surface area contributed by atoms with Crippen molar-refractivity contribution in [2.24, 2.45) is 74.8 Å². The molecule has 3 saturated heterocycles. The van der Waals surface area contributed by atoms with Gasteiger partial charge in [-0.3, -0.25) is 67.4 Å². The van der Waals surface area contributed by atoms with Crippen molar-refractivity contribution in [1.82, 2.24) is 60.8 Å². The molecule has 6 aromatic rings. The molecule has 0 radical (unpaired) electrons. The van der Waals surface area contributed by atoms with Gasteiger partial charge in [0, 0.05) is 88.1 Å². The summed E-state index contributed by atoms with van der Waals surface area (Å²) in [4.78, 5) is 132. The molecule has 3 aromatic heterocycles. The molecule has 3 aromatic carbocycles. The van der Waals surface area contributed by atoms with Crippen molar-refractivity contribution in [1.29, 1.82) is 0 Å². The number of nitrogens with two attached hydrogens (primary N) is 9. The second-order valence-corrected chi connectivity index (χ2v) is 36.4. The minimum absolute atomic E-state index is 0.0375. The fourth-order valence-electron chi connectivity index (χ4n) is 13.3. The van der Waals surface area contributed by atoms with Crippen molar-refractivity contribution in [2.45, 2.75) is 135 Å². The number of ether oxygens (including phenoxy) is 3. The minimum Gasteiger partial charge on any atom is -0.490 e. The highest BCUT2D eigenvalue weighted by molar-refractivity contribution is 7.81. The maximum Gasteiger partial charge on any atom is 0.418 e. The van der Waals surface area contributed by atoms with Gasteiger partial charge in [-0.25, -0.2) is 15.0 Å². The number of amides is 6. The van der Waals surface area contributed by atoms with Crippen LogP contribution in [0.5, 0.6) is 17.2 Å². The molecule has 53 nitrogen and oxygen atoms in total. The summed E-state index contributed by atoms with van der Waals surface area (Å²) in [6.07, 6.45) is 4.79. The maximum atomic E-state index is 13.1. The molecule has 0 bridgehead atoms. The zero-order valence-electron chi connectivity index (χ0n) is 72.3. The van der Waals surface area contributed by atoms with Crippen LogP contribution in [-0.2, 0) is 127 Å². The Labute approximate surface area is 773 Å². The molecule has 6 aliphatic heterocycles. The number of fused-ring (bicyclic) bond motifs is 3. The van der Waals surface area contributed by atoms with E-state index in [1.54, 1.807) is 0 Å². The number of nitrogens with zero attached hydrogens (tertiary/aromatic N) is 17. The highest BCUT2D eigenvalue weighted by atomic mass is 32.3. The molecule has 0 spiro atoms. The molecule has 133 heavy (non-hydrogen) atoms. The van der Waals surface area contributed by atoms with Gasteiger partial charge < -0.3 is 111 Å². The lowest BCUT2D eigenvalue weighted by molar-refractivity contribution is -0.218. The van der Waals surface area contributed by atoms with Crippen molar-refractivity contribution >= 4 is 164 Å². The Balaban J connectivity index is 0.000000207. The Morgan fingerprint density at radius 3 is 0.955 bits per heavy atom. The van der Waals surface area contributed by atoms with E-state index in [0.29, 0.717) is 129 Å². The van der Waals surface area contributed by atoms with Crippen molar-refractivity contribution in [3.8, 4) is 17.2 Å². The summed E-state index contributed by atoms with van der Waals surface area (Å²) in [5.74, 6) is -2.04. The number of carbonyl (C=O) groups excluding carboxylic acids is 6. The van der Waals surface area contributed by atoms with Crippen LogP contribution in [-0.4, -0.2) is 281 Å². The number of aromatic nitrogens is 3. The van der Waals surface area contributed by atoms with Crippen LogP contribution in [0.4, 0.5) is 15.4 Å². The number of nitrogen functional groups attached to an aromatic ring is 3. The van der Waals surface area contributed by atoms with Gasteiger partial charge in [-0.1, -0.05) is 33.7 Å². The average Bonchev–Trinajstić information content (AvgIpc) is 1.05. The van der Waals surface area contributed by atoms with E-state index < -0.39 is 101 Å². The Kier molecular flexibility index (Phi) is 34.4. The van der Waals surface area contributed by atoms with Gasteiger partial charge in [0.25, 0.3) is 35.4 Å². The second-order valence-electron chi connectivity index (χ2n) is 30.7. The van der Waals surface area contributed by atoms with Gasteiger partial charge in [0.1, 0.15) is 72.3 Å². The first-order chi connectivity index (χ1) is 62.9. The fraction of sp³-hybridized carbons (Fsp3) is 0.446. The molecular formula is C74H101N29O24S6. The van der Waals surface area contributed by atoms with Crippen molar-refractivity contribution in [2.75, 3.05) is 96.1 Å². The van der Waals surface area contributed by atoms with E-state index in [0.717, 1.165) is 86.7 Å². The summed E-state index contributed by atoms with van der Waals surface area (Å²) in [5.41, 5.74) is 53.5. The third-order valence-electron chi connectivity index (χ3n) is 20.1. The number of hydrogen-bond donors (Lipinski definition) is 15. The van der Waals surface area contributed by atoms with E-state index in [1.807, 2.05) is 69.3 Å². The first-order valence-corrected chi connectivity index (χ1v) is 46.8. The number of hydrogen-bond acceptors (Lipinski definition) is 39. The zero-order chi connectivity index (χ0) is 96.9. The number of nitrogens with one attached hydrogen (secondary N) is 3. The number of oxime groups is 3. The standard InChI is InChI=1S/2C25H34N10O8S2.C24H33N9O8S2/c2*1-25(2)20(22(37)35(25)43-45(38,39)40)32-21(36)19(18-13-44-24(28)31-18)33-42-9-8-41-17-5-4-15-11-34(12-16(15)10-17)23(27)30-7-3-6-29-14-26;1-24(2)19(21(35)33(24)41-43(36,37)38)30-20(34)18(17-13-42-23(27)29-17)31-40-9-8-39-16-5-4-14-11-32(12-15(14)10-16)22(26)28-7-3-6-25/h2*4-5,10,13-14,20H,3,6-9,11-12H2,1-2H3,(H2,26,29)(H2,27,30)(H2,28,31)(H,32,36)(H,38,39,40);4-5,10,13,19H,3,6-9,11-12,25H2,1-2H3,(H2,26,28)(H2,27,29)(H,30,34)(H,36,37,38)/b2*33-19-;31-18-/t2*20-;19-/m111/s1. The molecule has 3 fully saturated rings. The lowest BCUT2D eigenvalue weighted by atomic mass is 9.84. The largest absolute Gasteiger partial charge is 0.490 e. The number of thiazole rings is 3. The molecule has 59 heteroatoms. The van der Waals surface area contributed by atoms with Crippen LogP contribution in [0, 0.1) is 0 Å². The Bertz CT molecular complexity index is 5610. The topological polar surface area (TPSA) is 776 Å². The molecule has 0 saturated carbocycles. The lowest BCUT2D eigenvalue weighted by Crippen LogP contribution is -2.76. The predicted octanol–water partition coefficient (Wildman–Crippen LogP) is -1.91. The highest BCUT2D eigenvalue weighted by Crippen LogP contribution is 2.37. The Hall–Kier alpha value is -13.1. The molecule has 24 N–H and O–H groups in total. The van der Waals surface area contributed by atoms with Crippen LogP contribution < -0.4 is 81.8 Å². The smallest absolute Gasteiger partial charge is 0.418 e. The normalized spacial score (nSPS) is 18.2. The summed E-state index contributed by atoms with van der Waals surface area (Å²) in [6.45, 7) is 15.8. The number of carbonyl (C=O) groups is 6. The second kappa shape index (κ2) is 44.9. The average molecular weight is 1970 g/mol. The summed E-state index contributed by atoms with van der Waals surface area (Å²) >= 11 is 3.19. The van der Waals surface area contributed by atoms with Crippen molar-refractivity contribution < 1.29 is 109 Å². The third kappa shape index (κ3) is 27.5. The Morgan fingerprint density at radius 1 is 0.444 bits per heavy atom. The van der Waals surface area contributed by atoms with E-state index in [2.05, 4.69) is 84.2 Å². The van der Waals surface area contributed by atoms with Crippen LogP contribution in [0.15, 0.2) is 111 Å².